The van der Waals surface area contributed by atoms with E-state index in [9.17, 15) is 4.79 Å². The Morgan fingerprint density at radius 1 is 1.19 bits per heavy atom. The van der Waals surface area contributed by atoms with E-state index in [0.29, 0.717) is 6.54 Å². The zero-order valence-electron chi connectivity index (χ0n) is 15.4. The van der Waals surface area contributed by atoms with Crippen LogP contribution >= 0.6 is 15.9 Å². The average Bonchev–Trinajstić information content (AvgIpc) is 2.97. The standard InChI is InChI=1S/C23H20BrNO2/c1-23-11-15-4-3-5-17-19(24)10-18(21(23)20(15)17)22(26)25(13-23)12-14-6-8-16(27-2)9-7-14/h3-10H,11-13H2,1-2H3. The minimum Gasteiger partial charge on any atom is -0.497 e. The number of amides is 1. The summed E-state index contributed by atoms with van der Waals surface area (Å²) in [6.45, 7) is 3.66. The number of nitrogens with zero attached hydrogens (tertiary/aromatic N) is 1. The second kappa shape index (κ2) is 5.83. The van der Waals surface area contributed by atoms with E-state index in [-0.39, 0.29) is 11.3 Å². The highest BCUT2D eigenvalue weighted by atomic mass is 79.9. The summed E-state index contributed by atoms with van der Waals surface area (Å²) in [6, 6.07) is 16.5. The maximum atomic E-state index is 13.3. The molecule has 1 aliphatic heterocycles. The zero-order valence-corrected chi connectivity index (χ0v) is 17.0. The van der Waals surface area contributed by atoms with Crippen LogP contribution in [0.25, 0.3) is 10.8 Å². The van der Waals surface area contributed by atoms with Gasteiger partial charge in [-0.2, -0.15) is 0 Å². The minimum atomic E-state index is -0.0294. The molecule has 0 N–H and O–H groups in total. The van der Waals surface area contributed by atoms with Gasteiger partial charge >= 0.3 is 0 Å². The smallest absolute Gasteiger partial charge is 0.254 e. The van der Waals surface area contributed by atoms with Crippen LogP contribution in [0, 0.1) is 0 Å². The molecule has 3 nitrogen and oxygen atoms in total. The van der Waals surface area contributed by atoms with E-state index in [4.69, 9.17) is 4.74 Å². The number of hydrogen-bond donors (Lipinski definition) is 0. The van der Waals surface area contributed by atoms with Gasteiger partial charge in [0.1, 0.15) is 5.75 Å². The molecule has 3 aromatic rings. The van der Waals surface area contributed by atoms with Crippen molar-refractivity contribution in [3.8, 4) is 5.75 Å². The molecule has 1 unspecified atom stereocenters. The number of hydrogen-bond acceptors (Lipinski definition) is 2. The Morgan fingerprint density at radius 3 is 2.70 bits per heavy atom. The Balaban J connectivity index is 1.59. The molecule has 1 amide bonds. The van der Waals surface area contributed by atoms with E-state index in [2.05, 4.69) is 41.1 Å². The summed E-state index contributed by atoms with van der Waals surface area (Å²) in [4.78, 5) is 15.3. The second-order valence-corrected chi connectivity index (χ2v) is 8.72. The van der Waals surface area contributed by atoms with Crippen LogP contribution in [0.5, 0.6) is 5.75 Å². The molecule has 0 fully saturated rings. The number of rotatable bonds is 3. The Kier molecular flexibility index (Phi) is 3.63. The lowest BCUT2D eigenvalue weighted by molar-refractivity contribution is 0.0668. The molecule has 27 heavy (non-hydrogen) atoms. The first-order chi connectivity index (χ1) is 13.0. The van der Waals surface area contributed by atoms with Crippen molar-refractivity contribution in [1.29, 1.82) is 0 Å². The van der Waals surface area contributed by atoms with Crippen molar-refractivity contribution in [2.45, 2.75) is 25.3 Å². The minimum absolute atomic E-state index is 0.0294. The molecule has 1 aliphatic carbocycles. The third-order valence-corrected chi connectivity index (χ3v) is 6.63. The lowest BCUT2D eigenvalue weighted by Crippen LogP contribution is -2.47. The normalized spacial score (nSPS) is 20.4. The van der Waals surface area contributed by atoms with Gasteiger partial charge in [0.05, 0.1) is 7.11 Å². The van der Waals surface area contributed by atoms with E-state index in [1.807, 2.05) is 35.2 Å². The van der Waals surface area contributed by atoms with Crippen molar-refractivity contribution in [3.63, 3.8) is 0 Å². The Bertz CT molecular complexity index is 1090. The fourth-order valence-corrected chi connectivity index (χ4v) is 5.39. The van der Waals surface area contributed by atoms with Crippen molar-refractivity contribution in [2.24, 2.45) is 0 Å². The summed E-state index contributed by atoms with van der Waals surface area (Å²) in [6.07, 6.45) is 0.982. The molecule has 0 saturated heterocycles. The molecular formula is C23H20BrNO2. The molecule has 2 aliphatic rings. The SMILES string of the molecule is COc1ccc(CN2CC3(C)Cc4cccc5c(Br)cc(c3c45)C2=O)cc1. The van der Waals surface area contributed by atoms with Gasteiger partial charge in [-0.05, 0) is 52.1 Å². The van der Waals surface area contributed by atoms with Gasteiger partial charge in [-0.25, -0.2) is 0 Å². The molecule has 4 heteroatoms. The van der Waals surface area contributed by atoms with E-state index in [1.54, 1.807) is 7.11 Å². The van der Waals surface area contributed by atoms with Gasteiger partial charge in [-0.3, -0.25) is 4.79 Å². The molecule has 5 rings (SSSR count). The van der Waals surface area contributed by atoms with Crippen LogP contribution < -0.4 is 4.74 Å². The highest BCUT2D eigenvalue weighted by Gasteiger charge is 2.45. The predicted molar refractivity (Wildman–Crippen MR) is 110 cm³/mol. The third-order valence-electron chi connectivity index (χ3n) is 5.97. The van der Waals surface area contributed by atoms with Crippen LogP contribution in [0.4, 0.5) is 0 Å². The van der Waals surface area contributed by atoms with Gasteiger partial charge in [0.15, 0.2) is 0 Å². The molecule has 3 aromatic carbocycles. The van der Waals surface area contributed by atoms with E-state index < -0.39 is 0 Å². The predicted octanol–water partition coefficient (Wildman–Crippen LogP) is 5.08. The molecule has 0 aromatic heterocycles. The summed E-state index contributed by atoms with van der Waals surface area (Å²) < 4.78 is 6.24. The zero-order chi connectivity index (χ0) is 18.8. The van der Waals surface area contributed by atoms with Crippen molar-refractivity contribution in [3.05, 3.63) is 75.3 Å². The van der Waals surface area contributed by atoms with Crippen LogP contribution in [0.2, 0.25) is 0 Å². The molecule has 0 bridgehead atoms. The lowest BCUT2D eigenvalue weighted by Gasteiger charge is -2.39. The molecule has 0 radical (unpaired) electrons. The summed E-state index contributed by atoms with van der Waals surface area (Å²) in [5.74, 6) is 0.955. The molecule has 136 valence electrons. The lowest BCUT2D eigenvalue weighted by atomic mass is 9.77. The third kappa shape index (κ3) is 2.43. The van der Waals surface area contributed by atoms with Crippen LogP contribution in [0.1, 0.15) is 34.0 Å². The number of carbonyl (C=O) groups is 1. The molecular weight excluding hydrogens is 402 g/mol. The van der Waals surface area contributed by atoms with Gasteiger partial charge in [0.25, 0.3) is 5.91 Å². The van der Waals surface area contributed by atoms with Gasteiger partial charge in [-0.15, -0.1) is 0 Å². The van der Waals surface area contributed by atoms with Crippen LogP contribution in [0.3, 0.4) is 0 Å². The Hall–Kier alpha value is -2.33. The van der Waals surface area contributed by atoms with Crippen LogP contribution in [0.15, 0.2) is 53.0 Å². The number of benzene rings is 3. The van der Waals surface area contributed by atoms with Crippen LogP contribution in [-0.2, 0) is 18.4 Å². The first-order valence-electron chi connectivity index (χ1n) is 9.17. The van der Waals surface area contributed by atoms with Crippen molar-refractivity contribution in [2.75, 3.05) is 13.7 Å². The average molecular weight is 422 g/mol. The van der Waals surface area contributed by atoms with Gasteiger partial charge in [0, 0.05) is 28.5 Å². The van der Waals surface area contributed by atoms with E-state index in [0.717, 1.165) is 34.3 Å². The maximum absolute atomic E-state index is 13.3. The first-order valence-corrected chi connectivity index (χ1v) is 9.96. The van der Waals surface area contributed by atoms with Crippen molar-refractivity contribution in [1.82, 2.24) is 4.90 Å². The second-order valence-electron chi connectivity index (χ2n) is 7.87. The number of methoxy groups -OCH3 is 1. The summed E-state index contributed by atoms with van der Waals surface area (Å²) in [5.41, 5.74) is 4.53. The quantitative estimate of drug-likeness (QED) is 0.589. The maximum Gasteiger partial charge on any atom is 0.254 e. The topological polar surface area (TPSA) is 29.5 Å². The Labute approximate surface area is 167 Å². The number of halogens is 1. The van der Waals surface area contributed by atoms with E-state index >= 15 is 0 Å². The summed E-state index contributed by atoms with van der Waals surface area (Å²) in [7, 11) is 1.66. The van der Waals surface area contributed by atoms with Gasteiger partial charge < -0.3 is 9.64 Å². The van der Waals surface area contributed by atoms with Gasteiger partial charge in [-0.1, -0.05) is 53.2 Å². The van der Waals surface area contributed by atoms with Crippen LogP contribution in [-0.4, -0.2) is 24.5 Å². The largest absolute Gasteiger partial charge is 0.497 e. The van der Waals surface area contributed by atoms with Gasteiger partial charge in [0.2, 0.25) is 0 Å². The molecule has 0 spiro atoms. The highest BCUT2D eigenvalue weighted by molar-refractivity contribution is 9.10. The van der Waals surface area contributed by atoms with Crippen molar-refractivity contribution < 1.29 is 9.53 Å². The summed E-state index contributed by atoms with van der Waals surface area (Å²) in [5, 5.41) is 2.49. The molecule has 0 saturated carbocycles. The summed E-state index contributed by atoms with van der Waals surface area (Å²) >= 11 is 3.69. The molecule has 1 atom stereocenters. The number of carbonyl (C=O) groups excluding carboxylic acids is 1. The first kappa shape index (κ1) is 16.8. The Morgan fingerprint density at radius 2 is 1.96 bits per heavy atom. The monoisotopic (exact) mass is 421 g/mol. The highest BCUT2D eigenvalue weighted by Crippen LogP contribution is 2.49. The van der Waals surface area contributed by atoms with E-state index in [1.165, 1.54) is 21.9 Å². The number of ether oxygens (including phenoxy) is 1. The van der Waals surface area contributed by atoms with Crippen molar-refractivity contribution >= 4 is 32.6 Å². The fraction of sp³-hybridized carbons (Fsp3) is 0.261. The fourth-order valence-electron chi connectivity index (χ4n) is 4.83. The molecule has 1 heterocycles.